The molecule has 6 saturated heterocycles. The zero-order valence-corrected chi connectivity index (χ0v) is 50.5. The van der Waals surface area contributed by atoms with Gasteiger partial charge in [-0.2, -0.15) is 58.2 Å². The van der Waals surface area contributed by atoms with Gasteiger partial charge in [0, 0.05) is 83.8 Å². The Bertz CT molecular complexity index is 4070. The molecule has 6 aliphatic heterocycles. The fourth-order valence-electron chi connectivity index (χ4n) is 15.2. The van der Waals surface area contributed by atoms with Crippen LogP contribution in [0.4, 0.5) is 22.0 Å². The second-order valence-electron chi connectivity index (χ2n) is 24.6. The van der Waals surface area contributed by atoms with Crippen molar-refractivity contribution in [1.82, 2.24) is 84.6 Å². The van der Waals surface area contributed by atoms with Crippen molar-refractivity contribution >= 4 is 17.7 Å². The third kappa shape index (κ3) is 12.3. The van der Waals surface area contributed by atoms with Crippen LogP contribution in [0.25, 0.3) is 17.1 Å². The monoisotopic (exact) mass is 1240 g/mol. The Kier molecular flexibility index (Phi) is 16.6. The minimum Gasteiger partial charge on any atom is -0.332 e. The standard InChI is InChI=1S/C22H20F3N5O.2C22H23FN6O/c23-22(24,25)15-5-6-16(26-13-15)11-14-12-17-7-8-19(14)29(17)21(31)18-3-1-2-4-20(18)30-27-9-10-28-30;1-13-9-14(2)27-21(26-13)11-15-10-17-4-6-19(15)28(17)22(30)18-12-16(23)3-5-20(18)29-24-7-8-25-29;1-13-10-14(2)27-20(26-13)12-15-11-16-6-7-18(15)28(16)22(30)21-17(23)4-3-5-19(21)29-24-8-9-25-29/h1-6,9-10,13-14,17,19H,7-8,11-12H2;3,5,7-9,12,15,17,19H,4,6,10-11H2,1-2H3;3-5,8-10,15-16,18H,6-7,11-12H2,1-2H3. The molecule has 0 saturated carbocycles. The Morgan fingerprint density at radius 1 is 0.473 bits per heavy atom. The molecule has 6 fully saturated rings. The Balaban J connectivity index is 0.000000125. The molecule has 9 atom stereocenters. The van der Waals surface area contributed by atoms with Crippen LogP contribution in [-0.2, 0) is 25.4 Å². The van der Waals surface area contributed by atoms with Gasteiger partial charge >= 0.3 is 6.18 Å². The molecule has 0 N–H and O–H groups in total. The number of aryl methyl sites for hydroxylation is 4. The molecule has 0 spiro atoms. The molecule has 6 aromatic heterocycles. The number of halogens is 5. The van der Waals surface area contributed by atoms with E-state index < -0.39 is 23.4 Å². The molecule has 15 rings (SSSR count). The lowest BCUT2D eigenvalue weighted by molar-refractivity contribution is -0.137. The van der Waals surface area contributed by atoms with Crippen LogP contribution in [0.2, 0.25) is 0 Å². The summed E-state index contributed by atoms with van der Waals surface area (Å²) in [4.78, 5) is 72.8. The van der Waals surface area contributed by atoms with Gasteiger partial charge in [0.05, 0.1) is 65.2 Å². The first-order chi connectivity index (χ1) is 43.9. The zero-order valence-electron chi connectivity index (χ0n) is 50.5. The average Bonchev–Trinajstić information content (AvgIpc) is 1.83. The lowest BCUT2D eigenvalue weighted by Gasteiger charge is -2.25. The van der Waals surface area contributed by atoms with Crippen LogP contribution < -0.4 is 0 Å². The zero-order chi connectivity index (χ0) is 63.2. The fraction of sp³-hybridized carbons (Fsp3) is 0.394. The second-order valence-corrected chi connectivity index (χ2v) is 24.6. The fourth-order valence-corrected chi connectivity index (χ4v) is 15.2. The minimum atomic E-state index is -4.39. The predicted molar refractivity (Wildman–Crippen MR) is 321 cm³/mol. The SMILES string of the molecule is Cc1cc(C)nc(CC2CC3CCC2N3C(=O)c2c(F)cccc2-n2nccn2)n1.Cc1cc(C)nc(CC2CC3CCC2N3C(=O)c2cc(F)ccc2-n2nccn2)n1.O=C(c1ccccc1-n1nccn1)N1C2CCC1C(Cc1ccc(C(F)(F)F)cn1)C2. The van der Waals surface area contributed by atoms with E-state index in [9.17, 15) is 36.3 Å². The lowest BCUT2D eigenvalue weighted by Crippen LogP contribution is -2.38. The third-order valence-corrected chi connectivity index (χ3v) is 18.7. The van der Waals surface area contributed by atoms with Gasteiger partial charge in [0.25, 0.3) is 17.7 Å². The lowest BCUT2D eigenvalue weighted by atomic mass is 9.86. The van der Waals surface area contributed by atoms with E-state index >= 15 is 0 Å². The maximum Gasteiger partial charge on any atom is 0.417 e. The molecule has 9 unspecified atom stereocenters. The minimum absolute atomic E-state index is 0.0360. The highest BCUT2D eigenvalue weighted by Gasteiger charge is 2.52. The topological polar surface area (TPSA) is 218 Å². The van der Waals surface area contributed by atoms with Gasteiger partial charge in [-0.3, -0.25) is 19.4 Å². The Morgan fingerprint density at radius 2 is 0.912 bits per heavy atom. The van der Waals surface area contributed by atoms with Crippen molar-refractivity contribution in [1.29, 1.82) is 0 Å². The maximum absolute atomic E-state index is 14.8. The molecular weight excluding hydrogens is 1170 g/mol. The van der Waals surface area contributed by atoms with Crippen LogP contribution in [0.1, 0.15) is 135 Å². The molecule has 3 aromatic carbocycles. The Labute approximate surface area is 521 Å². The van der Waals surface area contributed by atoms with E-state index in [1.807, 2.05) is 72.7 Å². The smallest absolute Gasteiger partial charge is 0.332 e. The Morgan fingerprint density at radius 3 is 1.40 bits per heavy atom. The molecule has 6 aliphatic rings. The number of alkyl halides is 3. The molecular formula is C66H66F5N17O3. The van der Waals surface area contributed by atoms with Crippen LogP contribution >= 0.6 is 0 Å². The number of rotatable bonds is 12. The van der Waals surface area contributed by atoms with Crippen molar-refractivity contribution in [2.75, 3.05) is 0 Å². The quantitative estimate of drug-likeness (QED) is 0.104. The first-order valence-corrected chi connectivity index (χ1v) is 30.8. The molecule has 3 amide bonds. The average molecular weight is 1240 g/mol. The van der Waals surface area contributed by atoms with Crippen LogP contribution in [0.15, 0.2) is 128 Å². The second kappa shape index (κ2) is 25.0. The van der Waals surface area contributed by atoms with Gasteiger partial charge in [0.1, 0.15) is 34.5 Å². The normalized spacial score (nSPS) is 22.7. The van der Waals surface area contributed by atoms with Gasteiger partial charge in [0.15, 0.2) is 0 Å². The van der Waals surface area contributed by atoms with Gasteiger partial charge < -0.3 is 14.7 Å². The summed E-state index contributed by atoms with van der Waals surface area (Å²) in [5.41, 5.74) is 6.08. The van der Waals surface area contributed by atoms with Crippen LogP contribution in [0.3, 0.4) is 0 Å². The highest BCUT2D eigenvalue weighted by molar-refractivity contribution is 6.00. The van der Waals surface area contributed by atoms with Crippen molar-refractivity contribution in [3.63, 3.8) is 0 Å². The maximum atomic E-state index is 14.8. The number of carbonyl (C=O) groups excluding carboxylic acids is 3. The van der Waals surface area contributed by atoms with Gasteiger partial charge in [-0.1, -0.05) is 18.2 Å². The number of nitrogens with zero attached hydrogens (tertiary/aromatic N) is 17. The molecule has 468 valence electrons. The number of carbonyl (C=O) groups is 3. The predicted octanol–water partition coefficient (Wildman–Crippen LogP) is 10.0. The van der Waals surface area contributed by atoms with Crippen LogP contribution in [0, 0.1) is 57.1 Å². The molecule has 0 radical (unpaired) electrons. The van der Waals surface area contributed by atoms with E-state index in [-0.39, 0.29) is 71.4 Å². The van der Waals surface area contributed by atoms with Crippen molar-refractivity contribution in [3.8, 4) is 17.1 Å². The van der Waals surface area contributed by atoms with E-state index in [4.69, 9.17) is 0 Å². The van der Waals surface area contributed by atoms with Gasteiger partial charge in [-0.05, 0) is 176 Å². The highest BCUT2D eigenvalue weighted by Crippen LogP contribution is 2.47. The summed E-state index contributed by atoms with van der Waals surface area (Å²) in [6.07, 6.45) is 16.1. The number of amides is 3. The van der Waals surface area contributed by atoms with Crippen molar-refractivity contribution in [2.45, 2.75) is 147 Å². The summed E-state index contributed by atoms with van der Waals surface area (Å²) < 4.78 is 67.2. The largest absolute Gasteiger partial charge is 0.417 e. The van der Waals surface area contributed by atoms with Crippen LogP contribution in [0.5, 0.6) is 0 Å². The number of aromatic nitrogens is 14. The number of fused-ring (bicyclic) bond motifs is 6. The highest BCUT2D eigenvalue weighted by atomic mass is 19.4. The summed E-state index contributed by atoms with van der Waals surface area (Å²) in [5.74, 6) is 0.964. The molecule has 0 aliphatic carbocycles. The van der Waals surface area contributed by atoms with Gasteiger partial charge in [-0.15, -0.1) is 0 Å². The summed E-state index contributed by atoms with van der Waals surface area (Å²) in [6.45, 7) is 7.89. The number of hydrogen-bond donors (Lipinski definition) is 0. The van der Waals surface area contributed by atoms with E-state index in [0.29, 0.717) is 46.2 Å². The number of benzene rings is 3. The van der Waals surface area contributed by atoms with Crippen molar-refractivity contribution in [2.24, 2.45) is 17.8 Å². The summed E-state index contributed by atoms with van der Waals surface area (Å²) in [5, 5.41) is 24.7. The summed E-state index contributed by atoms with van der Waals surface area (Å²) in [6, 6.07) is 23.1. The van der Waals surface area contributed by atoms with Crippen molar-refractivity contribution < 1.29 is 36.3 Å². The first-order valence-electron chi connectivity index (χ1n) is 30.8. The molecule has 91 heavy (non-hydrogen) atoms. The first kappa shape index (κ1) is 60.4. The summed E-state index contributed by atoms with van der Waals surface area (Å²) in [7, 11) is 0. The molecule has 25 heteroatoms. The Hall–Kier alpha value is -9.55. The molecule has 6 bridgehead atoms. The number of para-hydroxylation sites is 1. The molecule has 9 aromatic rings. The van der Waals surface area contributed by atoms with Crippen molar-refractivity contribution in [3.05, 3.63) is 202 Å². The van der Waals surface area contributed by atoms with E-state index in [2.05, 4.69) is 55.5 Å². The van der Waals surface area contributed by atoms with E-state index in [0.717, 1.165) is 117 Å². The van der Waals surface area contributed by atoms with Gasteiger partial charge in [-0.25, -0.2) is 28.7 Å². The number of hydrogen-bond acceptors (Lipinski definition) is 14. The van der Waals surface area contributed by atoms with Crippen LogP contribution in [-0.4, -0.2) is 139 Å². The third-order valence-electron chi connectivity index (χ3n) is 18.7. The summed E-state index contributed by atoms with van der Waals surface area (Å²) >= 11 is 0. The van der Waals surface area contributed by atoms with Gasteiger partial charge in [0.2, 0.25) is 0 Å². The van der Waals surface area contributed by atoms with E-state index in [1.54, 1.807) is 36.7 Å². The van der Waals surface area contributed by atoms with E-state index in [1.165, 1.54) is 63.4 Å². The number of pyridine rings is 1. The molecule has 20 nitrogen and oxygen atoms in total. The molecule has 12 heterocycles.